The number of benzene rings is 1. The average molecular weight is 313 g/mol. The first-order valence-corrected chi connectivity index (χ1v) is 7.25. The normalized spacial score (nSPS) is 15.3. The molecular weight excluding hydrogens is 286 g/mol. The maximum atomic E-state index is 12.7. The monoisotopic (exact) mass is 313 g/mol. The molecule has 0 radical (unpaired) electrons. The van der Waals surface area contributed by atoms with E-state index >= 15 is 0 Å². The lowest BCUT2D eigenvalue weighted by molar-refractivity contribution is -0.128. The maximum absolute atomic E-state index is 12.7. The number of hydrogen-bond donors (Lipinski definition) is 0. The van der Waals surface area contributed by atoms with Crippen LogP contribution in [0, 0.1) is 13.8 Å². The third kappa shape index (κ3) is 2.97. The molecule has 0 aliphatic heterocycles. The molecule has 0 N–H and O–H groups in total. The lowest BCUT2D eigenvalue weighted by Gasteiger charge is -2.11. The van der Waals surface area contributed by atoms with Crippen molar-refractivity contribution >= 4 is 11.6 Å². The second-order valence-electron chi connectivity index (χ2n) is 5.55. The predicted octanol–water partition coefficient (Wildman–Crippen LogP) is 3.25. The van der Waals surface area contributed by atoms with Crippen LogP contribution in [0.3, 0.4) is 0 Å². The average Bonchev–Trinajstić information content (AvgIpc) is 3.03. The minimum atomic E-state index is -2.59. The molecule has 3 rings (SSSR count). The number of rotatable bonds is 3. The number of fused-ring (bicyclic) bond motifs is 1. The van der Waals surface area contributed by atoms with E-state index < -0.39 is 12.9 Å². The largest absolute Gasteiger partial charge is 0.348 e. The van der Waals surface area contributed by atoms with E-state index in [1.165, 1.54) is 11.4 Å². The summed E-state index contributed by atoms with van der Waals surface area (Å²) in [6.07, 6.45) is -0.354. The molecule has 0 unspecified atom stereocenters. The van der Waals surface area contributed by atoms with E-state index in [1.54, 1.807) is 6.92 Å². The van der Waals surface area contributed by atoms with Crippen LogP contribution in [0.5, 0.6) is 0 Å². The van der Waals surface area contributed by atoms with E-state index in [9.17, 15) is 4.79 Å². The SMILES string of the molecule is [2H]c1c(C)c([2H])n2c(CC(=O)N(C)C([2H])([2H])[2H])c(-c3ccc(C)cc3)nc2c1[2H]. The van der Waals surface area contributed by atoms with Gasteiger partial charge in [-0.2, -0.15) is 0 Å². The quantitative estimate of drug-likeness (QED) is 0.744. The molecule has 0 saturated carbocycles. The van der Waals surface area contributed by atoms with Gasteiger partial charge in [-0.3, -0.25) is 4.79 Å². The third-order valence-electron chi connectivity index (χ3n) is 3.63. The lowest BCUT2D eigenvalue weighted by atomic mass is 10.1. The fraction of sp³-hybridized carbons (Fsp3) is 0.263. The van der Waals surface area contributed by atoms with Crippen molar-refractivity contribution in [3.63, 3.8) is 0 Å². The van der Waals surface area contributed by atoms with E-state index in [0.29, 0.717) is 21.9 Å². The maximum Gasteiger partial charge on any atom is 0.228 e. The molecule has 1 aromatic carbocycles. The topological polar surface area (TPSA) is 37.6 Å². The van der Waals surface area contributed by atoms with Crippen molar-refractivity contribution in [3.8, 4) is 11.3 Å². The summed E-state index contributed by atoms with van der Waals surface area (Å²) in [6, 6.07) is 7.16. The zero-order valence-corrected chi connectivity index (χ0v) is 13.3. The molecule has 3 aromatic rings. The Balaban J connectivity index is 2.28. The summed E-state index contributed by atoms with van der Waals surface area (Å²) < 4.78 is 48.5. The fourth-order valence-corrected chi connectivity index (χ4v) is 2.37. The molecule has 0 aliphatic carbocycles. The van der Waals surface area contributed by atoms with Crippen LogP contribution in [0.2, 0.25) is 0 Å². The van der Waals surface area contributed by atoms with Crippen molar-refractivity contribution in [2.24, 2.45) is 0 Å². The highest BCUT2D eigenvalue weighted by atomic mass is 16.2. The van der Waals surface area contributed by atoms with Crippen LogP contribution in [0.25, 0.3) is 16.9 Å². The highest BCUT2D eigenvalue weighted by Crippen LogP contribution is 2.26. The van der Waals surface area contributed by atoms with Gasteiger partial charge in [0.15, 0.2) is 0 Å². The van der Waals surface area contributed by atoms with Crippen LogP contribution >= 0.6 is 0 Å². The van der Waals surface area contributed by atoms with Gasteiger partial charge in [0.2, 0.25) is 5.91 Å². The van der Waals surface area contributed by atoms with E-state index in [1.807, 2.05) is 31.2 Å². The van der Waals surface area contributed by atoms with Gasteiger partial charge >= 0.3 is 0 Å². The van der Waals surface area contributed by atoms with Crippen LogP contribution in [0.4, 0.5) is 0 Å². The molecular formula is C19H21N3O. The summed E-state index contributed by atoms with van der Waals surface area (Å²) in [4.78, 5) is 17.8. The molecule has 0 fully saturated rings. The minimum Gasteiger partial charge on any atom is -0.348 e. The lowest BCUT2D eigenvalue weighted by Crippen LogP contribution is -2.24. The van der Waals surface area contributed by atoms with E-state index in [-0.39, 0.29) is 35.9 Å². The number of aryl methyl sites for hydroxylation is 1. The summed E-state index contributed by atoms with van der Waals surface area (Å²) in [5.74, 6) is -0.654. The number of amides is 1. The molecule has 0 saturated heterocycles. The van der Waals surface area contributed by atoms with Crippen LogP contribution in [0.1, 0.15) is 25.0 Å². The molecule has 2 aromatic heterocycles. The summed E-state index contributed by atoms with van der Waals surface area (Å²) in [5, 5.41) is 0. The number of imidazole rings is 1. The Hall–Kier alpha value is -2.62. The highest BCUT2D eigenvalue weighted by Gasteiger charge is 2.18. The first-order chi connectivity index (χ1) is 13.4. The molecule has 118 valence electrons. The zero-order valence-electron chi connectivity index (χ0n) is 19.3. The highest BCUT2D eigenvalue weighted by molar-refractivity contribution is 5.81. The molecule has 0 spiro atoms. The Labute approximate surface area is 144 Å². The van der Waals surface area contributed by atoms with Crippen molar-refractivity contribution in [2.45, 2.75) is 20.3 Å². The van der Waals surface area contributed by atoms with Gasteiger partial charge in [-0.1, -0.05) is 35.9 Å². The van der Waals surface area contributed by atoms with Gasteiger partial charge in [0.05, 0.1) is 21.9 Å². The number of pyridine rings is 1. The van der Waals surface area contributed by atoms with Crippen molar-refractivity contribution in [3.05, 3.63) is 59.3 Å². The van der Waals surface area contributed by atoms with Gasteiger partial charge in [-0.25, -0.2) is 4.98 Å². The standard InChI is InChI=1S/C19H21N3O/c1-13-5-8-15(9-6-13)19-16(11-18(23)21(3)4)22-12-14(2)7-10-17(22)20-19/h5-10,12H,11H2,1-4H3/i3D3,7D,10D,12D. The third-order valence-corrected chi connectivity index (χ3v) is 3.63. The van der Waals surface area contributed by atoms with Crippen molar-refractivity contribution in [2.75, 3.05) is 14.0 Å². The first kappa shape index (κ1) is 9.50. The number of carbonyl (C=O) groups is 1. The van der Waals surface area contributed by atoms with Crippen molar-refractivity contribution in [1.82, 2.24) is 14.3 Å². The van der Waals surface area contributed by atoms with Crippen LogP contribution in [-0.2, 0) is 11.2 Å². The molecule has 1 amide bonds. The van der Waals surface area contributed by atoms with Gasteiger partial charge in [0.25, 0.3) is 0 Å². The predicted molar refractivity (Wildman–Crippen MR) is 92.5 cm³/mol. The van der Waals surface area contributed by atoms with Crippen LogP contribution < -0.4 is 0 Å². The van der Waals surface area contributed by atoms with Gasteiger partial charge < -0.3 is 9.30 Å². The van der Waals surface area contributed by atoms with Crippen LogP contribution in [-0.4, -0.2) is 34.2 Å². The number of hydrogen-bond acceptors (Lipinski definition) is 2. The van der Waals surface area contributed by atoms with Crippen molar-refractivity contribution in [1.29, 1.82) is 0 Å². The fourth-order valence-electron chi connectivity index (χ4n) is 2.37. The Morgan fingerprint density at radius 1 is 1.26 bits per heavy atom. The second-order valence-corrected chi connectivity index (χ2v) is 5.55. The number of aromatic nitrogens is 2. The molecule has 0 atom stereocenters. The van der Waals surface area contributed by atoms with E-state index in [4.69, 9.17) is 8.22 Å². The Morgan fingerprint density at radius 3 is 2.70 bits per heavy atom. The number of likely N-dealkylation sites (N-methyl/N-ethyl adjacent to an activating group) is 1. The molecule has 4 heteroatoms. The van der Waals surface area contributed by atoms with Gasteiger partial charge in [-0.15, -0.1) is 0 Å². The second kappa shape index (κ2) is 5.88. The van der Waals surface area contributed by atoms with Crippen molar-refractivity contribution < 1.29 is 13.0 Å². The molecule has 23 heavy (non-hydrogen) atoms. The summed E-state index contributed by atoms with van der Waals surface area (Å²) in [7, 11) is 1.20. The van der Waals surface area contributed by atoms with Crippen LogP contribution in [0.15, 0.2) is 42.5 Å². The Kier molecular flexibility index (Phi) is 2.43. The minimum absolute atomic E-state index is 0.0498. The molecule has 0 aliphatic rings. The molecule has 4 nitrogen and oxygen atoms in total. The number of carbonyl (C=O) groups excluding carboxylic acids is 1. The number of nitrogens with zero attached hydrogens (tertiary/aromatic N) is 3. The smallest absolute Gasteiger partial charge is 0.228 e. The Bertz CT molecular complexity index is 1100. The summed E-state index contributed by atoms with van der Waals surface area (Å²) in [6.45, 7) is 0.910. The van der Waals surface area contributed by atoms with Gasteiger partial charge in [0, 0.05) is 29.9 Å². The summed E-state index contributed by atoms with van der Waals surface area (Å²) >= 11 is 0. The van der Waals surface area contributed by atoms with E-state index in [2.05, 4.69) is 4.98 Å². The first-order valence-electron chi connectivity index (χ1n) is 10.2. The molecule has 0 bridgehead atoms. The zero-order chi connectivity index (χ0) is 21.7. The van der Waals surface area contributed by atoms with Gasteiger partial charge in [-0.05, 0) is 25.5 Å². The Morgan fingerprint density at radius 2 is 2.00 bits per heavy atom. The van der Waals surface area contributed by atoms with Gasteiger partial charge in [0.1, 0.15) is 5.65 Å². The van der Waals surface area contributed by atoms with E-state index in [0.717, 1.165) is 5.56 Å². The molecule has 2 heterocycles. The summed E-state index contributed by atoms with van der Waals surface area (Å²) in [5.41, 5.74) is 2.81.